The lowest BCUT2D eigenvalue weighted by molar-refractivity contribution is 0.103. The monoisotopic (exact) mass is 302 g/mol. The van der Waals surface area contributed by atoms with Gasteiger partial charge in [-0.3, -0.25) is 4.79 Å². The minimum Gasteiger partial charge on any atom is -0.288 e. The number of halogens is 3. The second-order valence-electron chi connectivity index (χ2n) is 3.06. The normalized spacial score (nSPS) is 10.4. The number of benzene rings is 1. The molecular weight excluding hydrogens is 298 g/mol. The molecule has 0 saturated heterocycles. The molecule has 2 rings (SSSR count). The fourth-order valence-electron chi connectivity index (χ4n) is 1.29. The van der Waals surface area contributed by atoms with E-state index in [-0.39, 0.29) is 5.56 Å². The van der Waals surface area contributed by atoms with Gasteiger partial charge in [0.2, 0.25) is 5.78 Å². The lowest BCUT2D eigenvalue weighted by Crippen LogP contribution is -2.06. The molecule has 1 aromatic heterocycles. The first-order valence-corrected chi connectivity index (χ1v) is 6.05. The van der Waals surface area contributed by atoms with Crippen LogP contribution in [0.2, 0.25) is 0 Å². The Labute approximate surface area is 103 Å². The van der Waals surface area contributed by atoms with E-state index in [0.717, 1.165) is 12.1 Å². The quantitative estimate of drug-likeness (QED) is 0.766. The fraction of sp³-hybridized carbons (Fsp3) is 0. The van der Waals surface area contributed by atoms with Gasteiger partial charge in [0.1, 0.15) is 11.6 Å². The van der Waals surface area contributed by atoms with Gasteiger partial charge in [-0.05, 0) is 28.1 Å². The van der Waals surface area contributed by atoms with Gasteiger partial charge in [-0.1, -0.05) is 6.07 Å². The molecule has 0 atom stereocenters. The average molecular weight is 303 g/mol. The van der Waals surface area contributed by atoms with Crippen LogP contribution in [0.1, 0.15) is 15.9 Å². The van der Waals surface area contributed by atoms with Crippen LogP contribution < -0.4 is 0 Å². The van der Waals surface area contributed by atoms with Crippen molar-refractivity contribution < 1.29 is 13.6 Å². The van der Waals surface area contributed by atoms with Gasteiger partial charge in [0.15, 0.2) is 0 Å². The Kier molecular flexibility index (Phi) is 3.16. The molecule has 0 bridgehead atoms. The van der Waals surface area contributed by atoms with E-state index in [1.165, 1.54) is 17.4 Å². The van der Waals surface area contributed by atoms with Crippen LogP contribution in [0.15, 0.2) is 33.4 Å². The van der Waals surface area contributed by atoms with Crippen molar-refractivity contribution in [2.75, 3.05) is 0 Å². The Hall–Kier alpha value is -1.07. The van der Waals surface area contributed by atoms with Gasteiger partial charge >= 0.3 is 0 Å². The lowest BCUT2D eigenvalue weighted by Gasteiger charge is -2.02. The molecule has 2 aromatic rings. The summed E-state index contributed by atoms with van der Waals surface area (Å²) in [5.74, 6) is -2.34. The SMILES string of the molecule is O=C(c1cscc1Br)c1c(F)cccc1F. The summed E-state index contributed by atoms with van der Waals surface area (Å²) < 4.78 is 27.2. The average Bonchev–Trinajstić information content (AvgIpc) is 2.64. The first-order valence-electron chi connectivity index (χ1n) is 4.31. The fourth-order valence-corrected chi connectivity index (χ4v) is 2.75. The van der Waals surface area contributed by atoms with Crippen LogP contribution in [0.3, 0.4) is 0 Å². The van der Waals surface area contributed by atoms with Crippen LogP contribution in [0.4, 0.5) is 8.78 Å². The molecule has 5 heteroatoms. The topological polar surface area (TPSA) is 17.1 Å². The molecule has 0 N–H and O–H groups in total. The van der Waals surface area contributed by atoms with Crippen LogP contribution in [-0.4, -0.2) is 5.78 Å². The van der Waals surface area contributed by atoms with E-state index in [9.17, 15) is 13.6 Å². The Morgan fingerprint density at radius 3 is 2.31 bits per heavy atom. The second-order valence-corrected chi connectivity index (χ2v) is 4.66. The summed E-state index contributed by atoms with van der Waals surface area (Å²) in [6, 6.07) is 3.36. The molecule has 82 valence electrons. The van der Waals surface area contributed by atoms with Crippen molar-refractivity contribution in [1.29, 1.82) is 0 Å². The first-order chi connectivity index (χ1) is 7.61. The van der Waals surface area contributed by atoms with Gasteiger partial charge in [0.05, 0.1) is 5.56 Å². The van der Waals surface area contributed by atoms with Crippen molar-refractivity contribution in [1.82, 2.24) is 0 Å². The predicted octanol–water partition coefficient (Wildman–Crippen LogP) is 4.02. The van der Waals surface area contributed by atoms with E-state index < -0.39 is 23.0 Å². The molecule has 0 aliphatic carbocycles. The molecule has 0 unspecified atom stereocenters. The molecule has 0 spiro atoms. The third kappa shape index (κ3) is 1.92. The minimum absolute atomic E-state index is 0.272. The molecular formula is C11H5BrF2OS. The van der Waals surface area contributed by atoms with Gasteiger partial charge in [-0.15, -0.1) is 0 Å². The minimum atomic E-state index is -0.844. The number of hydrogen-bond acceptors (Lipinski definition) is 2. The summed E-state index contributed by atoms with van der Waals surface area (Å²) in [4.78, 5) is 11.9. The summed E-state index contributed by atoms with van der Waals surface area (Å²) in [7, 11) is 0. The van der Waals surface area contributed by atoms with Crippen LogP contribution in [0.25, 0.3) is 0 Å². The van der Waals surface area contributed by atoms with Crippen LogP contribution in [0.5, 0.6) is 0 Å². The predicted molar refractivity (Wildman–Crippen MR) is 61.8 cm³/mol. The second kappa shape index (κ2) is 4.43. The maximum absolute atomic E-state index is 13.4. The number of carbonyl (C=O) groups excluding carboxylic acids is 1. The van der Waals surface area contributed by atoms with Crippen molar-refractivity contribution in [3.63, 3.8) is 0 Å². The van der Waals surface area contributed by atoms with Crippen molar-refractivity contribution in [2.24, 2.45) is 0 Å². The molecule has 0 aliphatic rings. The van der Waals surface area contributed by atoms with Gasteiger partial charge < -0.3 is 0 Å². The van der Waals surface area contributed by atoms with Crippen molar-refractivity contribution >= 4 is 33.0 Å². The number of ketones is 1. The highest BCUT2D eigenvalue weighted by molar-refractivity contribution is 9.10. The highest BCUT2D eigenvalue weighted by Crippen LogP contribution is 2.26. The van der Waals surface area contributed by atoms with Crippen LogP contribution in [0, 0.1) is 11.6 Å². The molecule has 0 fully saturated rings. The van der Waals surface area contributed by atoms with Gasteiger partial charge in [0.25, 0.3) is 0 Å². The van der Waals surface area contributed by atoms with Gasteiger partial charge in [0, 0.05) is 20.8 Å². The van der Waals surface area contributed by atoms with E-state index in [4.69, 9.17) is 0 Å². The highest BCUT2D eigenvalue weighted by atomic mass is 79.9. The van der Waals surface area contributed by atoms with E-state index in [1.807, 2.05) is 0 Å². The molecule has 1 aromatic carbocycles. The standard InChI is InChI=1S/C11H5BrF2OS/c12-7-5-16-4-6(7)11(15)10-8(13)2-1-3-9(10)14/h1-5H. The Balaban J connectivity index is 2.54. The Bertz CT molecular complexity index is 530. The van der Waals surface area contributed by atoms with E-state index >= 15 is 0 Å². The van der Waals surface area contributed by atoms with Crippen molar-refractivity contribution in [3.8, 4) is 0 Å². The summed E-state index contributed by atoms with van der Waals surface area (Å²) in [6.07, 6.45) is 0. The zero-order valence-corrected chi connectivity index (χ0v) is 10.2. The maximum atomic E-state index is 13.4. The van der Waals surface area contributed by atoms with E-state index in [2.05, 4.69) is 15.9 Å². The van der Waals surface area contributed by atoms with E-state index in [1.54, 1.807) is 10.8 Å². The Morgan fingerprint density at radius 1 is 1.19 bits per heavy atom. The summed E-state index contributed by atoms with van der Waals surface area (Å²) in [5, 5.41) is 3.24. The van der Waals surface area contributed by atoms with Gasteiger partial charge in [-0.2, -0.15) is 11.3 Å². The van der Waals surface area contributed by atoms with E-state index in [0.29, 0.717) is 4.47 Å². The van der Waals surface area contributed by atoms with Crippen molar-refractivity contribution in [3.05, 3.63) is 56.2 Å². The summed E-state index contributed by atoms with van der Waals surface area (Å²) in [5.41, 5.74) is -0.240. The lowest BCUT2D eigenvalue weighted by atomic mass is 10.1. The van der Waals surface area contributed by atoms with Crippen molar-refractivity contribution in [2.45, 2.75) is 0 Å². The van der Waals surface area contributed by atoms with Crippen LogP contribution in [-0.2, 0) is 0 Å². The number of hydrogen-bond donors (Lipinski definition) is 0. The third-order valence-corrected chi connectivity index (χ3v) is 3.75. The molecule has 16 heavy (non-hydrogen) atoms. The zero-order valence-electron chi connectivity index (χ0n) is 7.84. The molecule has 0 saturated carbocycles. The molecule has 0 aliphatic heterocycles. The Morgan fingerprint density at radius 2 is 1.81 bits per heavy atom. The van der Waals surface area contributed by atoms with Crippen LogP contribution >= 0.6 is 27.3 Å². The third-order valence-electron chi connectivity index (χ3n) is 2.05. The van der Waals surface area contributed by atoms with Gasteiger partial charge in [-0.25, -0.2) is 8.78 Å². The maximum Gasteiger partial charge on any atom is 0.200 e. The highest BCUT2D eigenvalue weighted by Gasteiger charge is 2.20. The first kappa shape index (κ1) is 11.4. The summed E-state index contributed by atoms with van der Waals surface area (Å²) in [6.45, 7) is 0. The smallest absolute Gasteiger partial charge is 0.200 e. The number of thiophene rings is 1. The molecule has 1 heterocycles. The molecule has 0 radical (unpaired) electrons. The number of rotatable bonds is 2. The number of carbonyl (C=O) groups is 1. The molecule has 0 amide bonds. The summed E-state index contributed by atoms with van der Waals surface area (Å²) >= 11 is 4.45. The molecule has 1 nitrogen and oxygen atoms in total. The largest absolute Gasteiger partial charge is 0.288 e. The zero-order chi connectivity index (χ0) is 11.7.